The van der Waals surface area contributed by atoms with Crippen LogP contribution in [-0.2, 0) is 0 Å². The molecule has 0 aromatic carbocycles. The van der Waals surface area contributed by atoms with Crippen LogP contribution in [0.25, 0.3) is 0 Å². The van der Waals surface area contributed by atoms with Crippen LogP contribution < -0.4 is 0 Å². The minimum atomic E-state index is 0.214. The summed E-state index contributed by atoms with van der Waals surface area (Å²) in [7, 11) is 0.214. The lowest BCUT2D eigenvalue weighted by Gasteiger charge is -2.22. The fraction of sp³-hybridized carbons (Fsp3) is 1.00. The van der Waals surface area contributed by atoms with E-state index in [0.29, 0.717) is 0 Å². The van der Waals surface area contributed by atoms with Gasteiger partial charge >= 0.3 is 0 Å². The molecule has 112 valence electrons. The molecule has 2 aliphatic carbocycles. The minimum Gasteiger partial charge on any atom is -0.0533 e. The highest BCUT2D eigenvalue weighted by Gasteiger charge is 2.18. The Hall–Kier alpha value is 0.217. The predicted octanol–water partition coefficient (Wildman–Crippen LogP) is 6.00. The van der Waals surface area contributed by atoms with Crippen molar-refractivity contribution in [1.82, 2.24) is 0 Å². The molecule has 2 aliphatic rings. The molecule has 0 aromatic heterocycles. The van der Waals surface area contributed by atoms with Crippen molar-refractivity contribution < 1.29 is 0 Å². The first-order chi connectivity index (χ1) is 9.45. The molecule has 0 bridgehead atoms. The molecule has 1 heteroatoms. The highest BCUT2D eigenvalue weighted by molar-refractivity contribution is 6.39. The maximum atomic E-state index is 1.61. The summed E-state index contributed by atoms with van der Waals surface area (Å²) in [5.41, 5.74) is 2.45. The molecular formula is C18H36Si. The molecule has 19 heavy (non-hydrogen) atoms. The SMILES string of the molecule is C1CCCCC([SiH2]C2CCCCCCCC2)CCC1. The molecule has 0 aliphatic heterocycles. The molecule has 2 rings (SSSR count). The maximum Gasteiger partial charge on any atom is 0.0264 e. The van der Waals surface area contributed by atoms with Gasteiger partial charge in [-0.1, -0.05) is 114 Å². The normalized spacial score (nSPS) is 26.5. The average Bonchev–Trinajstić information content (AvgIpc) is 2.62. The lowest BCUT2D eigenvalue weighted by Crippen LogP contribution is -2.12. The Morgan fingerprint density at radius 1 is 0.368 bits per heavy atom. The Kier molecular flexibility index (Phi) is 8.23. The lowest BCUT2D eigenvalue weighted by atomic mass is 10.1. The van der Waals surface area contributed by atoms with E-state index in [4.69, 9.17) is 0 Å². The third-order valence-electron chi connectivity index (χ3n) is 5.62. The van der Waals surface area contributed by atoms with Gasteiger partial charge in [0.2, 0.25) is 0 Å². The quantitative estimate of drug-likeness (QED) is 0.544. The first-order valence-corrected chi connectivity index (χ1v) is 11.1. The van der Waals surface area contributed by atoms with Crippen LogP contribution in [0.3, 0.4) is 0 Å². The zero-order valence-electron chi connectivity index (χ0n) is 13.2. The van der Waals surface area contributed by atoms with E-state index in [2.05, 4.69) is 0 Å². The van der Waals surface area contributed by atoms with Crippen molar-refractivity contribution in [3.63, 3.8) is 0 Å². The van der Waals surface area contributed by atoms with E-state index in [9.17, 15) is 0 Å². The Balaban J connectivity index is 1.74. The van der Waals surface area contributed by atoms with Crippen molar-refractivity contribution in [3.8, 4) is 0 Å². The van der Waals surface area contributed by atoms with Crippen molar-refractivity contribution in [2.45, 2.75) is 114 Å². The van der Waals surface area contributed by atoms with E-state index in [1.165, 1.54) is 62.4 Å². The summed E-state index contributed by atoms with van der Waals surface area (Å²) in [4.78, 5) is 0. The molecule has 0 radical (unpaired) electrons. The highest BCUT2D eigenvalue weighted by atomic mass is 28.2. The molecule has 0 spiro atoms. The van der Waals surface area contributed by atoms with E-state index in [-0.39, 0.29) is 9.52 Å². The van der Waals surface area contributed by atoms with Gasteiger partial charge in [0.15, 0.2) is 0 Å². The summed E-state index contributed by atoms with van der Waals surface area (Å²) in [6.07, 6.45) is 24.9. The first kappa shape index (κ1) is 15.6. The van der Waals surface area contributed by atoms with E-state index >= 15 is 0 Å². The zero-order chi connectivity index (χ0) is 13.2. The van der Waals surface area contributed by atoms with Gasteiger partial charge in [-0.05, 0) is 0 Å². The number of hydrogen-bond donors (Lipinski definition) is 0. The van der Waals surface area contributed by atoms with Crippen LogP contribution in [0, 0.1) is 0 Å². The summed E-state index contributed by atoms with van der Waals surface area (Å²) in [5.74, 6) is 0. The minimum absolute atomic E-state index is 0.214. The fourth-order valence-corrected chi connectivity index (χ4v) is 7.42. The Bertz CT molecular complexity index is 172. The summed E-state index contributed by atoms with van der Waals surface area (Å²) < 4.78 is 0. The van der Waals surface area contributed by atoms with Gasteiger partial charge in [-0.15, -0.1) is 0 Å². The van der Waals surface area contributed by atoms with Crippen molar-refractivity contribution in [3.05, 3.63) is 0 Å². The summed E-state index contributed by atoms with van der Waals surface area (Å²) in [6.45, 7) is 0. The van der Waals surface area contributed by atoms with Crippen molar-refractivity contribution in [1.29, 1.82) is 0 Å². The molecule has 0 nitrogen and oxygen atoms in total. The van der Waals surface area contributed by atoms with Crippen LogP contribution in [0.2, 0.25) is 11.1 Å². The van der Waals surface area contributed by atoms with E-state index in [1.807, 2.05) is 0 Å². The van der Waals surface area contributed by atoms with E-state index in [1.54, 1.807) is 51.4 Å². The largest absolute Gasteiger partial charge is 0.0533 e. The van der Waals surface area contributed by atoms with Gasteiger partial charge in [0.05, 0.1) is 0 Å². The Morgan fingerprint density at radius 3 is 0.947 bits per heavy atom. The van der Waals surface area contributed by atoms with Crippen LogP contribution in [0.15, 0.2) is 0 Å². The Labute approximate surface area is 124 Å². The zero-order valence-corrected chi connectivity index (χ0v) is 14.6. The number of rotatable bonds is 2. The maximum absolute atomic E-state index is 1.61. The fourth-order valence-electron chi connectivity index (χ4n) is 4.38. The Morgan fingerprint density at radius 2 is 0.632 bits per heavy atom. The van der Waals surface area contributed by atoms with Crippen LogP contribution in [0.1, 0.15) is 103 Å². The smallest absolute Gasteiger partial charge is 0.0264 e. The summed E-state index contributed by atoms with van der Waals surface area (Å²) >= 11 is 0. The third kappa shape index (κ3) is 6.97. The molecule has 0 aromatic rings. The van der Waals surface area contributed by atoms with Gasteiger partial charge in [0.1, 0.15) is 0 Å². The highest BCUT2D eigenvalue weighted by Crippen LogP contribution is 2.33. The van der Waals surface area contributed by atoms with Crippen LogP contribution in [0.4, 0.5) is 0 Å². The molecule has 2 saturated carbocycles. The van der Waals surface area contributed by atoms with Crippen molar-refractivity contribution in [2.75, 3.05) is 0 Å². The first-order valence-electron chi connectivity index (χ1n) is 9.45. The molecule has 0 saturated heterocycles. The standard InChI is InChI=1S/C18H36Si/c1-2-6-10-14-17(13-9-5-1)19-18-15-11-7-3-4-8-12-16-18/h17-18H,1-16,19H2. The molecule has 0 heterocycles. The van der Waals surface area contributed by atoms with E-state index in [0.717, 1.165) is 0 Å². The van der Waals surface area contributed by atoms with Crippen molar-refractivity contribution >= 4 is 9.52 Å². The van der Waals surface area contributed by atoms with Crippen LogP contribution in [0.5, 0.6) is 0 Å². The molecular weight excluding hydrogens is 244 g/mol. The van der Waals surface area contributed by atoms with Crippen LogP contribution in [-0.4, -0.2) is 9.52 Å². The molecule has 0 unspecified atom stereocenters. The predicted molar refractivity (Wildman–Crippen MR) is 89.9 cm³/mol. The molecule has 0 atom stereocenters. The molecule has 0 N–H and O–H groups in total. The van der Waals surface area contributed by atoms with Crippen LogP contribution >= 0.6 is 0 Å². The third-order valence-corrected chi connectivity index (χ3v) is 8.58. The lowest BCUT2D eigenvalue weighted by molar-refractivity contribution is 0.577. The summed E-state index contributed by atoms with van der Waals surface area (Å²) in [6, 6.07) is 0. The monoisotopic (exact) mass is 280 g/mol. The van der Waals surface area contributed by atoms with Gasteiger partial charge in [-0.3, -0.25) is 0 Å². The topological polar surface area (TPSA) is 0 Å². The molecule has 2 fully saturated rings. The van der Waals surface area contributed by atoms with Gasteiger partial charge in [-0.25, -0.2) is 0 Å². The second-order valence-electron chi connectivity index (χ2n) is 7.37. The van der Waals surface area contributed by atoms with Gasteiger partial charge < -0.3 is 0 Å². The van der Waals surface area contributed by atoms with Gasteiger partial charge in [0.25, 0.3) is 0 Å². The second-order valence-corrected chi connectivity index (χ2v) is 10.1. The second kappa shape index (κ2) is 10.0. The number of hydrogen-bond acceptors (Lipinski definition) is 0. The molecule has 0 amide bonds. The van der Waals surface area contributed by atoms with E-state index < -0.39 is 0 Å². The van der Waals surface area contributed by atoms with Gasteiger partial charge in [-0.2, -0.15) is 0 Å². The van der Waals surface area contributed by atoms with Gasteiger partial charge in [0, 0.05) is 9.52 Å². The summed E-state index contributed by atoms with van der Waals surface area (Å²) in [5, 5.41) is 0. The van der Waals surface area contributed by atoms with Crippen molar-refractivity contribution in [2.24, 2.45) is 0 Å². The average molecular weight is 281 g/mol.